The van der Waals surface area contributed by atoms with Crippen LogP contribution in [0.4, 0.5) is 15.8 Å². The van der Waals surface area contributed by atoms with Gasteiger partial charge < -0.3 is 5.32 Å². The van der Waals surface area contributed by atoms with Gasteiger partial charge in [0.1, 0.15) is 15.7 Å². The number of carbonyl (C=O) groups is 1. The van der Waals surface area contributed by atoms with Gasteiger partial charge in [0.25, 0.3) is 15.9 Å². The Labute approximate surface area is 192 Å². The van der Waals surface area contributed by atoms with Crippen molar-refractivity contribution in [2.75, 3.05) is 10.0 Å². The Kier molecular flexibility index (Phi) is 6.09. The van der Waals surface area contributed by atoms with Gasteiger partial charge in [-0.1, -0.05) is 18.2 Å². The Morgan fingerprint density at radius 1 is 1.09 bits per heavy atom. The second kappa shape index (κ2) is 8.81. The van der Waals surface area contributed by atoms with E-state index < -0.39 is 15.8 Å². The molecule has 0 aliphatic heterocycles. The molecule has 0 saturated carbocycles. The molecule has 0 radical (unpaired) electrons. The lowest BCUT2D eigenvalue weighted by Crippen LogP contribution is -2.16. The first-order valence-electron chi connectivity index (χ1n) is 9.44. The summed E-state index contributed by atoms with van der Waals surface area (Å²) in [5.74, 6) is -1.06. The highest BCUT2D eigenvalue weighted by Crippen LogP contribution is 2.30. The summed E-state index contributed by atoms with van der Waals surface area (Å²) in [6.07, 6.45) is 0. The number of thiazole rings is 1. The number of benzene rings is 2. The monoisotopic (exact) mass is 487 g/mol. The van der Waals surface area contributed by atoms with Crippen molar-refractivity contribution in [3.63, 3.8) is 0 Å². The van der Waals surface area contributed by atoms with Crippen molar-refractivity contribution in [1.82, 2.24) is 4.98 Å². The number of para-hydroxylation sites is 1. The highest BCUT2D eigenvalue weighted by atomic mass is 32.2. The largest absolute Gasteiger partial charge is 0.321 e. The van der Waals surface area contributed by atoms with E-state index in [0.717, 1.165) is 10.6 Å². The molecule has 32 heavy (non-hydrogen) atoms. The van der Waals surface area contributed by atoms with Gasteiger partial charge in [0.2, 0.25) is 0 Å². The third kappa shape index (κ3) is 4.57. The summed E-state index contributed by atoms with van der Waals surface area (Å²) in [7, 11) is -4.07. The van der Waals surface area contributed by atoms with Gasteiger partial charge in [0.15, 0.2) is 0 Å². The molecule has 2 aromatic heterocycles. The molecule has 6 nitrogen and oxygen atoms in total. The van der Waals surface area contributed by atoms with Crippen LogP contribution in [0.25, 0.3) is 10.6 Å². The number of anilines is 2. The van der Waals surface area contributed by atoms with Gasteiger partial charge in [0, 0.05) is 16.6 Å². The van der Waals surface area contributed by atoms with Gasteiger partial charge in [-0.25, -0.2) is 17.8 Å². The molecular formula is C22H18FN3O3S3. The number of hydrogen-bond acceptors (Lipinski definition) is 6. The van der Waals surface area contributed by atoms with E-state index in [9.17, 15) is 17.6 Å². The van der Waals surface area contributed by atoms with E-state index >= 15 is 0 Å². The molecular weight excluding hydrogens is 469 g/mol. The highest BCUT2D eigenvalue weighted by molar-refractivity contribution is 7.92. The molecule has 164 valence electrons. The summed E-state index contributed by atoms with van der Waals surface area (Å²) >= 11 is 2.82. The van der Waals surface area contributed by atoms with E-state index in [1.807, 2.05) is 16.8 Å². The zero-order valence-electron chi connectivity index (χ0n) is 17.0. The van der Waals surface area contributed by atoms with Crippen molar-refractivity contribution < 1.29 is 17.6 Å². The molecule has 2 N–H and O–H groups in total. The van der Waals surface area contributed by atoms with Crippen molar-refractivity contribution in [3.05, 3.63) is 81.2 Å². The molecule has 0 bridgehead atoms. The fraction of sp³-hybridized carbons (Fsp3) is 0.0909. The van der Waals surface area contributed by atoms with Gasteiger partial charge in [-0.2, -0.15) is 11.3 Å². The molecule has 10 heteroatoms. The van der Waals surface area contributed by atoms with Crippen LogP contribution in [-0.4, -0.2) is 19.3 Å². The Morgan fingerprint density at radius 3 is 2.59 bits per heavy atom. The third-order valence-electron chi connectivity index (χ3n) is 4.62. The van der Waals surface area contributed by atoms with E-state index in [1.54, 1.807) is 37.3 Å². The molecule has 2 aromatic carbocycles. The van der Waals surface area contributed by atoms with Crippen LogP contribution < -0.4 is 10.0 Å². The first kappa shape index (κ1) is 22.1. The van der Waals surface area contributed by atoms with Gasteiger partial charge >= 0.3 is 0 Å². The Hall–Kier alpha value is -3.08. The van der Waals surface area contributed by atoms with Crippen LogP contribution in [0.5, 0.6) is 0 Å². The zero-order chi connectivity index (χ0) is 22.9. The van der Waals surface area contributed by atoms with Crippen LogP contribution in [0.3, 0.4) is 0 Å². The predicted octanol–water partition coefficient (Wildman–Crippen LogP) is 5.68. The minimum absolute atomic E-state index is 0.0569. The van der Waals surface area contributed by atoms with Crippen LogP contribution >= 0.6 is 22.7 Å². The number of nitrogens with one attached hydrogen (secondary N) is 2. The second-order valence-corrected chi connectivity index (χ2v) is 10.4. The average molecular weight is 488 g/mol. The van der Waals surface area contributed by atoms with E-state index in [-0.39, 0.29) is 16.5 Å². The van der Waals surface area contributed by atoms with Crippen molar-refractivity contribution >= 4 is 50.0 Å². The topological polar surface area (TPSA) is 88.2 Å². The normalized spacial score (nSPS) is 11.3. The Morgan fingerprint density at radius 2 is 1.88 bits per heavy atom. The van der Waals surface area contributed by atoms with E-state index in [1.165, 1.54) is 41.7 Å². The lowest BCUT2D eigenvalue weighted by atomic mass is 10.2. The van der Waals surface area contributed by atoms with Crippen LogP contribution in [-0.2, 0) is 10.0 Å². The summed E-state index contributed by atoms with van der Waals surface area (Å²) in [6, 6.07) is 12.0. The number of carbonyl (C=O) groups excluding carboxylic acids is 1. The minimum atomic E-state index is -4.07. The molecule has 0 aliphatic rings. The number of aryl methyl sites for hydroxylation is 2. The van der Waals surface area contributed by atoms with Gasteiger partial charge in [-0.3, -0.25) is 9.52 Å². The minimum Gasteiger partial charge on any atom is -0.321 e. The number of rotatable bonds is 6. The molecule has 4 rings (SSSR count). The van der Waals surface area contributed by atoms with Crippen molar-refractivity contribution in [1.29, 1.82) is 0 Å². The van der Waals surface area contributed by atoms with Gasteiger partial charge in [-0.15, -0.1) is 11.3 Å². The van der Waals surface area contributed by atoms with Crippen LogP contribution in [0.1, 0.15) is 20.9 Å². The van der Waals surface area contributed by atoms with Crippen molar-refractivity contribution in [2.45, 2.75) is 18.7 Å². The molecule has 1 amide bonds. The molecule has 4 aromatic rings. The molecule has 0 aliphatic carbocycles. The van der Waals surface area contributed by atoms with Crippen LogP contribution in [0.15, 0.2) is 64.2 Å². The second-order valence-electron chi connectivity index (χ2n) is 6.97. The SMILES string of the molecule is Cc1ccc(NC(=O)c2sc(-c3ccsc3)nc2C)cc1S(=O)(=O)Nc1ccccc1F. The Bertz CT molecular complexity index is 1400. The van der Waals surface area contributed by atoms with E-state index in [0.29, 0.717) is 21.8 Å². The summed E-state index contributed by atoms with van der Waals surface area (Å²) < 4.78 is 41.9. The maximum Gasteiger partial charge on any atom is 0.267 e. The number of amides is 1. The molecule has 0 spiro atoms. The van der Waals surface area contributed by atoms with Gasteiger partial charge in [0.05, 0.1) is 16.3 Å². The highest BCUT2D eigenvalue weighted by Gasteiger charge is 2.21. The summed E-state index contributed by atoms with van der Waals surface area (Å²) in [5.41, 5.74) is 2.16. The van der Waals surface area contributed by atoms with Crippen LogP contribution in [0.2, 0.25) is 0 Å². The quantitative estimate of drug-likeness (QED) is 0.366. The number of nitrogens with zero attached hydrogens (tertiary/aromatic N) is 1. The van der Waals surface area contributed by atoms with Crippen LogP contribution in [0, 0.1) is 19.7 Å². The maximum absolute atomic E-state index is 13.9. The number of hydrogen-bond donors (Lipinski definition) is 2. The van der Waals surface area contributed by atoms with E-state index in [2.05, 4.69) is 15.0 Å². The molecule has 0 fully saturated rings. The number of halogens is 1. The average Bonchev–Trinajstić information content (AvgIpc) is 3.40. The Balaban J connectivity index is 1.59. The lowest BCUT2D eigenvalue weighted by molar-refractivity contribution is 0.102. The first-order chi connectivity index (χ1) is 15.2. The number of sulfonamides is 1. The standard InChI is InChI=1S/C22H18FN3O3S3/c1-13-7-8-16(11-19(13)32(28,29)26-18-6-4-3-5-17(18)23)25-21(27)20-14(2)24-22(31-20)15-9-10-30-12-15/h3-12,26H,1-2H3,(H,25,27). The number of thiophene rings is 1. The van der Waals surface area contributed by atoms with Gasteiger partial charge in [-0.05, 0) is 55.1 Å². The number of aromatic nitrogens is 1. The summed E-state index contributed by atoms with van der Waals surface area (Å²) in [4.78, 5) is 17.7. The molecule has 0 atom stereocenters. The molecule has 0 unspecified atom stereocenters. The maximum atomic E-state index is 13.9. The fourth-order valence-corrected chi connectivity index (χ4v) is 6.03. The predicted molar refractivity (Wildman–Crippen MR) is 127 cm³/mol. The summed E-state index contributed by atoms with van der Waals surface area (Å²) in [6.45, 7) is 3.38. The molecule has 0 saturated heterocycles. The van der Waals surface area contributed by atoms with Crippen molar-refractivity contribution in [3.8, 4) is 10.6 Å². The molecule has 2 heterocycles. The lowest BCUT2D eigenvalue weighted by Gasteiger charge is -2.13. The first-order valence-corrected chi connectivity index (χ1v) is 12.7. The zero-order valence-corrected chi connectivity index (χ0v) is 19.5. The van der Waals surface area contributed by atoms with E-state index in [4.69, 9.17) is 0 Å². The van der Waals surface area contributed by atoms with Crippen molar-refractivity contribution in [2.24, 2.45) is 0 Å². The fourth-order valence-electron chi connectivity index (χ4n) is 3.02. The summed E-state index contributed by atoms with van der Waals surface area (Å²) in [5, 5.41) is 7.38. The third-order valence-corrected chi connectivity index (χ3v) is 8.02. The smallest absolute Gasteiger partial charge is 0.267 e.